The van der Waals surface area contributed by atoms with Gasteiger partial charge < -0.3 is 0 Å². The molecule has 0 saturated carbocycles. The molecule has 0 aliphatic carbocycles. The van der Waals surface area contributed by atoms with Gasteiger partial charge in [0, 0.05) is 17.1 Å². The largest absolute Gasteiger partial charge is 0.300 e. The van der Waals surface area contributed by atoms with E-state index in [-0.39, 0.29) is 0 Å². The van der Waals surface area contributed by atoms with E-state index >= 15 is 0 Å². The van der Waals surface area contributed by atoms with Crippen LogP contribution in [0.1, 0.15) is 19.4 Å². The Morgan fingerprint density at radius 1 is 1.38 bits per heavy atom. The Bertz CT molecular complexity index is 271. The van der Waals surface area contributed by atoms with Gasteiger partial charge in [0.25, 0.3) is 0 Å². The van der Waals surface area contributed by atoms with E-state index in [1.807, 2.05) is 0 Å². The van der Waals surface area contributed by atoms with Crippen molar-refractivity contribution in [2.45, 2.75) is 26.4 Å². The summed E-state index contributed by atoms with van der Waals surface area (Å²) in [5.74, 6) is 0. The lowest BCUT2D eigenvalue weighted by molar-refractivity contribution is 0.266. The Kier molecular flexibility index (Phi) is 3.94. The van der Waals surface area contributed by atoms with Gasteiger partial charge in [-0.3, -0.25) is 4.90 Å². The Morgan fingerprint density at radius 3 is 2.62 bits per heavy atom. The highest BCUT2D eigenvalue weighted by atomic mass is 79.9. The first-order valence-electron chi connectivity index (χ1n) is 4.54. The third-order valence-corrected chi connectivity index (χ3v) is 2.70. The molecule has 0 atom stereocenters. The average Bonchev–Trinajstić information content (AvgIpc) is 2.04. The summed E-state index contributed by atoms with van der Waals surface area (Å²) in [4.78, 5) is 2.32. The Hall–Kier alpha value is -0.340. The van der Waals surface area contributed by atoms with E-state index in [2.05, 4.69) is 66.0 Å². The van der Waals surface area contributed by atoms with Crippen LogP contribution in [0.3, 0.4) is 0 Å². The van der Waals surface area contributed by atoms with Crippen molar-refractivity contribution < 1.29 is 0 Å². The molecule has 1 aromatic rings. The summed E-state index contributed by atoms with van der Waals surface area (Å²) >= 11 is 3.47. The molecule has 0 N–H and O–H groups in total. The van der Waals surface area contributed by atoms with Gasteiger partial charge in [-0.2, -0.15) is 0 Å². The van der Waals surface area contributed by atoms with E-state index in [1.54, 1.807) is 0 Å². The van der Waals surface area contributed by atoms with Crippen molar-refractivity contribution >= 4 is 15.9 Å². The molecule has 0 aromatic heterocycles. The van der Waals surface area contributed by atoms with Crippen molar-refractivity contribution in [3.8, 4) is 0 Å². The van der Waals surface area contributed by atoms with Crippen LogP contribution >= 0.6 is 15.9 Å². The average molecular weight is 242 g/mol. The van der Waals surface area contributed by atoms with Crippen LogP contribution in [0, 0.1) is 0 Å². The van der Waals surface area contributed by atoms with Crippen LogP contribution in [0.4, 0.5) is 0 Å². The highest BCUT2D eigenvalue weighted by Crippen LogP contribution is 2.13. The first kappa shape index (κ1) is 10.7. The number of nitrogens with zero attached hydrogens (tertiary/aromatic N) is 1. The van der Waals surface area contributed by atoms with Gasteiger partial charge in [0.2, 0.25) is 0 Å². The molecule has 2 heteroatoms. The molecule has 0 fully saturated rings. The molecule has 0 heterocycles. The van der Waals surface area contributed by atoms with E-state index in [4.69, 9.17) is 0 Å². The molecular formula is C11H16BrN. The molecule has 1 nitrogen and oxygen atoms in total. The predicted molar refractivity (Wildman–Crippen MR) is 60.7 cm³/mol. The predicted octanol–water partition coefficient (Wildman–Crippen LogP) is 3.29. The van der Waals surface area contributed by atoms with Gasteiger partial charge in [-0.15, -0.1) is 0 Å². The maximum Gasteiger partial charge on any atom is 0.0233 e. The third-order valence-electron chi connectivity index (χ3n) is 2.20. The molecule has 0 amide bonds. The van der Waals surface area contributed by atoms with Crippen molar-refractivity contribution in [3.05, 3.63) is 34.3 Å². The standard InChI is InChI=1S/C11H16BrN/c1-9(2)13(3)8-10-5-4-6-11(12)7-10/h4-7,9H,8H2,1-3H3. The normalized spacial score (nSPS) is 11.2. The molecule has 0 spiro atoms. The zero-order chi connectivity index (χ0) is 9.84. The van der Waals surface area contributed by atoms with Crippen molar-refractivity contribution in [1.82, 2.24) is 4.90 Å². The van der Waals surface area contributed by atoms with Crippen LogP contribution in [0.2, 0.25) is 0 Å². The maximum absolute atomic E-state index is 3.47. The van der Waals surface area contributed by atoms with Crippen molar-refractivity contribution in [2.24, 2.45) is 0 Å². The smallest absolute Gasteiger partial charge is 0.0233 e. The van der Waals surface area contributed by atoms with E-state index in [9.17, 15) is 0 Å². The molecule has 0 aliphatic rings. The fourth-order valence-corrected chi connectivity index (χ4v) is 1.55. The van der Waals surface area contributed by atoms with Crippen molar-refractivity contribution in [2.75, 3.05) is 7.05 Å². The lowest BCUT2D eigenvalue weighted by Gasteiger charge is -2.20. The van der Waals surface area contributed by atoms with Crippen LogP contribution in [0.25, 0.3) is 0 Å². The summed E-state index contributed by atoms with van der Waals surface area (Å²) in [5, 5.41) is 0. The van der Waals surface area contributed by atoms with Crippen LogP contribution in [0.15, 0.2) is 28.7 Å². The summed E-state index contributed by atoms with van der Waals surface area (Å²) in [7, 11) is 2.14. The molecule has 0 radical (unpaired) electrons. The van der Waals surface area contributed by atoms with Crippen LogP contribution in [-0.2, 0) is 6.54 Å². The molecule has 1 aromatic carbocycles. The van der Waals surface area contributed by atoms with E-state index in [1.165, 1.54) is 5.56 Å². The van der Waals surface area contributed by atoms with E-state index in [0.29, 0.717) is 6.04 Å². The van der Waals surface area contributed by atoms with E-state index in [0.717, 1.165) is 11.0 Å². The lowest BCUT2D eigenvalue weighted by atomic mass is 10.2. The van der Waals surface area contributed by atoms with Gasteiger partial charge in [-0.05, 0) is 38.6 Å². The molecule has 0 unspecified atom stereocenters. The first-order valence-corrected chi connectivity index (χ1v) is 5.33. The summed E-state index contributed by atoms with van der Waals surface area (Å²) in [6.45, 7) is 5.42. The number of rotatable bonds is 3. The minimum absolute atomic E-state index is 0.596. The second-order valence-electron chi connectivity index (χ2n) is 3.64. The molecule has 72 valence electrons. The maximum atomic E-state index is 3.47. The van der Waals surface area contributed by atoms with Gasteiger partial charge in [0.15, 0.2) is 0 Å². The monoisotopic (exact) mass is 241 g/mol. The minimum Gasteiger partial charge on any atom is -0.300 e. The highest BCUT2D eigenvalue weighted by Gasteiger charge is 2.03. The molecule has 0 aliphatic heterocycles. The third kappa shape index (κ3) is 3.49. The number of hydrogen-bond donors (Lipinski definition) is 0. The SMILES string of the molecule is CC(C)N(C)Cc1cccc(Br)c1. The molecule has 13 heavy (non-hydrogen) atoms. The summed E-state index contributed by atoms with van der Waals surface area (Å²) < 4.78 is 1.15. The van der Waals surface area contributed by atoms with Gasteiger partial charge in [0.1, 0.15) is 0 Å². The van der Waals surface area contributed by atoms with Gasteiger partial charge in [0.05, 0.1) is 0 Å². The molecular weight excluding hydrogens is 226 g/mol. The summed E-state index contributed by atoms with van der Waals surface area (Å²) in [5.41, 5.74) is 1.35. The number of benzene rings is 1. The van der Waals surface area contributed by atoms with Gasteiger partial charge >= 0.3 is 0 Å². The van der Waals surface area contributed by atoms with Gasteiger partial charge in [-0.25, -0.2) is 0 Å². The summed E-state index contributed by atoms with van der Waals surface area (Å²) in [6, 6.07) is 9.05. The van der Waals surface area contributed by atoms with Crippen LogP contribution in [0.5, 0.6) is 0 Å². The first-order chi connectivity index (χ1) is 6.09. The Balaban J connectivity index is 2.64. The second kappa shape index (κ2) is 4.77. The van der Waals surface area contributed by atoms with Crippen molar-refractivity contribution in [1.29, 1.82) is 0 Å². The molecule has 1 rings (SSSR count). The van der Waals surface area contributed by atoms with Crippen LogP contribution in [-0.4, -0.2) is 18.0 Å². The van der Waals surface area contributed by atoms with Crippen LogP contribution < -0.4 is 0 Å². The zero-order valence-electron chi connectivity index (χ0n) is 8.42. The summed E-state index contributed by atoms with van der Waals surface area (Å²) in [6.07, 6.45) is 0. The minimum atomic E-state index is 0.596. The van der Waals surface area contributed by atoms with E-state index < -0.39 is 0 Å². The molecule has 0 bridgehead atoms. The second-order valence-corrected chi connectivity index (χ2v) is 4.55. The topological polar surface area (TPSA) is 3.24 Å². The Morgan fingerprint density at radius 2 is 2.08 bits per heavy atom. The lowest BCUT2D eigenvalue weighted by Crippen LogP contribution is -2.25. The quantitative estimate of drug-likeness (QED) is 0.786. The van der Waals surface area contributed by atoms with Gasteiger partial charge in [-0.1, -0.05) is 28.1 Å². The molecule has 0 saturated heterocycles. The zero-order valence-corrected chi connectivity index (χ0v) is 10.0. The Labute approximate surface area is 88.9 Å². The highest BCUT2D eigenvalue weighted by molar-refractivity contribution is 9.10. The number of hydrogen-bond acceptors (Lipinski definition) is 1. The fraction of sp³-hybridized carbons (Fsp3) is 0.455. The number of halogens is 1. The van der Waals surface area contributed by atoms with Crippen molar-refractivity contribution in [3.63, 3.8) is 0 Å². The fourth-order valence-electron chi connectivity index (χ4n) is 1.11.